The first-order valence-corrected chi connectivity index (χ1v) is 7.13. The molecule has 5 N–H and O–H groups in total. The summed E-state index contributed by atoms with van der Waals surface area (Å²) in [6, 6.07) is 19.0. The zero-order valence-electron chi connectivity index (χ0n) is 11.2. The number of rotatable bonds is 0. The second kappa shape index (κ2) is 8.90. The molecule has 2 aromatic rings. The molecule has 0 radical (unpaired) electrons. The SMILES string of the molecule is Nc1ccccc1.Nc1ccccc1.O=S(=O)(O)C(F)(F)F. The molecule has 0 saturated carbocycles. The van der Waals surface area contributed by atoms with E-state index in [9.17, 15) is 13.2 Å². The number of halogens is 3. The number of para-hydroxylation sites is 2. The Bertz CT molecular complexity index is 595. The van der Waals surface area contributed by atoms with Crippen molar-refractivity contribution in [3.63, 3.8) is 0 Å². The van der Waals surface area contributed by atoms with E-state index in [1.807, 2.05) is 60.7 Å². The summed E-state index contributed by atoms with van der Waals surface area (Å²) in [5.74, 6) is 0. The molecule has 9 heteroatoms. The van der Waals surface area contributed by atoms with E-state index < -0.39 is 15.6 Å². The Morgan fingerprint density at radius 2 is 1.00 bits per heavy atom. The summed E-state index contributed by atoms with van der Waals surface area (Å²) in [7, 11) is -5.84. The van der Waals surface area contributed by atoms with Crippen LogP contribution in [0.4, 0.5) is 24.5 Å². The lowest BCUT2D eigenvalue weighted by Gasteiger charge is -1.97. The number of anilines is 2. The van der Waals surface area contributed by atoms with E-state index in [0.29, 0.717) is 0 Å². The highest BCUT2D eigenvalue weighted by Crippen LogP contribution is 2.20. The Kier molecular flexibility index (Phi) is 7.99. The highest BCUT2D eigenvalue weighted by Gasteiger charge is 2.44. The minimum Gasteiger partial charge on any atom is -0.399 e. The summed E-state index contributed by atoms with van der Waals surface area (Å²) in [5, 5.41) is 0. The molecular weight excluding hydrogens is 321 g/mol. The van der Waals surface area contributed by atoms with Crippen LogP contribution in [0.3, 0.4) is 0 Å². The van der Waals surface area contributed by atoms with Crippen molar-refractivity contribution in [3.05, 3.63) is 60.7 Å². The third-order valence-corrected chi connectivity index (χ3v) is 2.48. The van der Waals surface area contributed by atoms with Gasteiger partial charge in [0.05, 0.1) is 0 Å². The normalized spacial score (nSPS) is 10.5. The van der Waals surface area contributed by atoms with Gasteiger partial charge in [0.2, 0.25) is 0 Å². The molecule has 0 aromatic heterocycles. The molecule has 0 bridgehead atoms. The topological polar surface area (TPSA) is 106 Å². The van der Waals surface area contributed by atoms with Crippen LogP contribution in [0.25, 0.3) is 0 Å². The van der Waals surface area contributed by atoms with Crippen LogP contribution >= 0.6 is 0 Å². The lowest BCUT2D eigenvalue weighted by molar-refractivity contribution is -0.0510. The average molecular weight is 336 g/mol. The highest BCUT2D eigenvalue weighted by atomic mass is 32.2. The predicted molar refractivity (Wildman–Crippen MR) is 79.3 cm³/mol. The third-order valence-electron chi connectivity index (χ3n) is 1.89. The molecule has 0 amide bonds. The van der Waals surface area contributed by atoms with Gasteiger partial charge in [0.25, 0.3) is 0 Å². The number of nitrogens with two attached hydrogens (primary N) is 2. The molecule has 0 saturated heterocycles. The van der Waals surface area contributed by atoms with Crippen molar-refractivity contribution in [2.45, 2.75) is 5.51 Å². The van der Waals surface area contributed by atoms with Crippen LogP contribution in [0.2, 0.25) is 0 Å². The van der Waals surface area contributed by atoms with E-state index in [0.717, 1.165) is 11.4 Å². The fourth-order valence-corrected chi connectivity index (χ4v) is 0.906. The molecule has 22 heavy (non-hydrogen) atoms. The van der Waals surface area contributed by atoms with Gasteiger partial charge < -0.3 is 11.5 Å². The maximum Gasteiger partial charge on any atom is 0.522 e. The summed E-state index contributed by atoms with van der Waals surface area (Å²) in [6.45, 7) is 0. The molecule has 0 unspecified atom stereocenters. The van der Waals surface area contributed by atoms with E-state index >= 15 is 0 Å². The van der Waals surface area contributed by atoms with Crippen LogP contribution in [0, 0.1) is 0 Å². The van der Waals surface area contributed by atoms with Gasteiger partial charge in [-0.25, -0.2) is 0 Å². The smallest absolute Gasteiger partial charge is 0.399 e. The van der Waals surface area contributed by atoms with Gasteiger partial charge in [-0.1, -0.05) is 36.4 Å². The minimum absolute atomic E-state index is 0.822. The molecule has 0 aliphatic carbocycles. The summed E-state index contributed by atoms with van der Waals surface area (Å²) in [6.07, 6.45) is 0. The van der Waals surface area contributed by atoms with Crippen LogP contribution in [0.1, 0.15) is 0 Å². The molecular formula is C13H15F3N2O3S. The van der Waals surface area contributed by atoms with Crippen molar-refractivity contribution in [2.75, 3.05) is 11.5 Å². The molecule has 0 spiro atoms. The van der Waals surface area contributed by atoms with Crippen LogP contribution < -0.4 is 11.5 Å². The van der Waals surface area contributed by atoms with E-state index in [-0.39, 0.29) is 0 Å². The van der Waals surface area contributed by atoms with Gasteiger partial charge in [-0.3, -0.25) is 4.55 Å². The van der Waals surface area contributed by atoms with Crippen molar-refractivity contribution in [3.8, 4) is 0 Å². The monoisotopic (exact) mass is 336 g/mol. The van der Waals surface area contributed by atoms with E-state index in [1.165, 1.54) is 0 Å². The fraction of sp³-hybridized carbons (Fsp3) is 0.0769. The van der Waals surface area contributed by atoms with Crippen molar-refractivity contribution in [2.24, 2.45) is 0 Å². The fourth-order valence-electron chi connectivity index (χ4n) is 0.906. The Hall–Kier alpha value is -2.26. The Morgan fingerprint density at radius 1 is 0.773 bits per heavy atom. The summed E-state index contributed by atoms with van der Waals surface area (Å²) in [5.41, 5.74) is 6.82. The van der Waals surface area contributed by atoms with Crippen LogP contribution in [-0.4, -0.2) is 18.5 Å². The van der Waals surface area contributed by atoms with Crippen molar-refractivity contribution < 1.29 is 26.1 Å². The largest absolute Gasteiger partial charge is 0.522 e. The molecule has 0 atom stereocenters. The lowest BCUT2D eigenvalue weighted by atomic mass is 10.3. The minimum atomic E-state index is -5.84. The predicted octanol–water partition coefficient (Wildman–Crippen LogP) is 2.93. The third kappa shape index (κ3) is 9.61. The molecule has 0 aliphatic heterocycles. The Morgan fingerprint density at radius 3 is 1.09 bits per heavy atom. The zero-order chi connectivity index (χ0) is 17.2. The van der Waals surface area contributed by atoms with E-state index in [4.69, 9.17) is 24.4 Å². The lowest BCUT2D eigenvalue weighted by Crippen LogP contribution is -2.21. The van der Waals surface area contributed by atoms with Crippen molar-refractivity contribution in [1.82, 2.24) is 0 Å². The zero-order valence-corrected chi connectivity index (χ0v) is 12.1. The molecule has 5 nitrogen and oxygen atoms in total. The quantitative estimate of drug-likeness (QED) is 0.389. The standard InChI is InChI=1S/2C6H7N.CHF3O3S/c2*7-6-4-2-1-3-5-6;2-1(3,4)8(5,6)7/h2*1-5H,7H2;(H,5,6,7). The summed E-state index contributed by atoms with van der Waals surface area (Å²) in [4.78, 5) is 0. The number of hydrogen-bond donors (Lipinski definition) is 3. The molecule has 0 fully saturated rings. The average Bonchev–Trinajstić information content (AvgIpc) is 2.39. The van der Waals surface area contributed by atoms with Crippen LogP contribution in [0.15, 0.2) is 60.7 Å². The number of benzene rings is 2. The first-order valence-electron chi connectivity index (χ1n) is 5.69. The summed E-state index contributed by atoms with van der Waals surface area (Å²) < 4.78 is 57.5. The number of hydrogen-bond acceptors (Lipinski definition) is 4. The number of nitrogen functional groups attached to an aromatic ring is 2. The van der Waals surface area contributed by atoms with Gasteiger partial charge in [0.15, 0.2) is 0 Å². The van der Waals surface area contributed by atoms with Gasteiger partial charge in [-0.05, 0) is 24.3 Å². The van der Waals surface area contributed by atoms with Crippen LogP contribution in [-0.2, 0) is 10.1 Å². The van der Waals surface area contributed by atoms with Gasteiger partial charge in [-0.15, -0.1) is 0 Å². The molecule has 0 heterocycles. The maximum atomic E-state index is 10.7. The van der Waals surface area contributed by atoms with Gasteiger partial charge in [0, 0.05) is 11.4 Å². The Balaban J connectivity index is 0.000000301. The molecule has 122 valence electrons. The maximum absolute atomic E-state index is 10.7. The summed E-state index contributed by atoms with van der Waals surface area (Å²) >= 11 is 0. The molecule has 0 aliphatic rings. The van der Waals surface area contributed by atoms with E-state index in [1.54, 1.807) is 0 Å². The van der Waals surface area contributed by atoms with Gasteiger partial charge in [-0.2, -0.15) is 21.6 Å². The number of alkyl halides is 3. The van der Waals surface area contributed by atoms with E-state index in [2.05, 4.69) is 0 Å². The molecule has 2 aromatic carbocycles. The first kappa shape index (κ1) is 19.7. The van der Waals surface area contributed by atoms with Crippen molar-refractivity contribution >= 4 is 21.5 Å². The second-order valence-electron chi connectivity index (χ2n) is 3.74. The van der Waals surface area contributed by atoms with Gasteiger partial charge >= 0.3 is 15.6 Å². The molecule has 2 rings (SSSR count). The Labute approximate surface area is 126 Å². The van der Waals surface area contributed by atoms with Gasteiger partial charge in [0.1, 0.15) is 0 Å². The highest BCUT2D eigenvalue weighted by molar-refractivity contribution is 7.86. The second-order valence-corrected chi connectivity index (χ2v) is 5.16. The van der Waals surface area contributed by atoms with Crippen molar-refractivity contribution in [1.29, 1.82) is 0 Å². The first-order chi connectivity index (χ1) is 10.0. The van der Waals surface area contributed by atoms with Crippen LogP contribution in [0.5, 0.6) is 0 Å².